The summed E-state index contributed by atoms with van der Waals surface area (Å²) in [6.45, 7) is 1.95. The first-order valence-electron chi connectivity index (χ1n) is 12.4. The Morgan fingerprint density at radius 3 is 2.78 bits per heavy atom. The van der Waals surface area contributed by atoms with E-state index in [-0.39, 0.29) is 0 Å². The van der Waals surface area contributed by atoms with Gasteiger partial charge in [0.15, 0.2) is 0 Å². The van der Waals surface area contributed by atoms with Crippen LogP contribution in [0.1, 0.15) is 24.1 Å². The van der Waals surface area contributed by atoms with E-state index in [0.29, 0.717) is 16.3 Å². The van der Waals surface area contributed by atoms with Gasteiger partial charge >= 0.3 is 0 Å². The molecular weight excluding hydrogens is 504 g/mol. The van der Waals surface area contributed by atoms with E-state index in [4.69, 9.17) is 32.3 Å². The van der Waals surface area contributed by atoms with Crippen molar-refractivity contribution in [3.63, 3.8) is 0 Å². The van der Waals surface area contributed by atoms with Gasteiger partial charge in [0.25, 0.3) is 0 Å². The number of hydrogen-bond donors (Lipinski definition) is 2. The fourth-order valence-corrected chi connectivity index (χ4v) is 6.67. The van der Waals surface area contributed by atoms with Crippen molar-refractivity contribution in [2.24, 2.45) is 15.4 Å². The predicted molar refractivity (Wildman–Crippen MR) is 152 cm³/mol. The van der Waals surface area contributed by atoms with Crippen LogP contribution in [0.4, 0.5) is 11.6 Å². The summed E-state index contributed by atoms with van der Waals surface area (Å²) < 4.78 is 0. The van der Waals surface area contributed by atoms with Crippen LogP contribution in [0.3, 0.4) is 0 Å². The van der Waals surface area contributed by atoms with E-state index >= 15 is 0 Å². The molecule has 0 amide bonds. The van der Waals surface area contributed by atoms with Crippen molar-refractivity contribution in [3.05, 3.63) is 75.8 Å². The molecule has 2 aromatic heterocycles. The van der Waals surface area contributed by atoms with Crippen molar-refractivity contribution in [2.45, 2.75) is 30.6 Å². The highest BCUT2D eigenvalue weighted by Crippen LogP contribution is 2.44. The highest BCUT2D eigenvalue weighted by Gasteiger charge is 2.41. The third-order valence-electron chi connectivity index (χ3n) is 7.60. The summed E-state index contributed by atoms with van der Waals surface area (Å²) >= 11 is 7.90. The number of nitrogens with zero attached hydrogens (tertiary/aromatic N) is 6. The Labute approximate surface area is 226 Å². The minimum Gasteiger partial charge on any atom is -0.382 e. The minimum atomic E-state index is 0.308. The molecule has 1 saturated heterocycles. The first kappa shape index (κ1) is 24.1. The molecule has 2 bridgehead atoms. The lowest BCUT2D eigenvalue weighted by molar-refractivity contribution is 0.158. The number of nitrogen functional groups attached to an aromatic ring is 1. The van der Waals surface area contributed by atoms with Crippen LogP contribution < -0.4 is 11.1 Å². The number of likely N-dealkylation sites (N-methyl/N-ethyl adjacent to an activating group) is 1. The largest absolute Gasteiger partial charge is 0.382 e. The molecule has 0 radical (unpaired) electrons. The number of amidine groups is 2. The van der Waals surface area contributed by atoms with E-state index in [1.807, 2.05) is 49.5 Å². The predicted octanol–water partition coefficient (Wildman–Crippen LogP) is 4.72. The van der Waals surface area contributed by atoms with Crippen molar-refractivity contribution >= 4 is 46.7 Å². The first-order chi connectivity index (χ1) is 17.9. The number of pyridine rings is 2. The second-order valence-corrected chi connectivity index (χ2v) is 11.3. The summed E-state index contributed by atoms with van der Waals surface area (Å²) in [4.78, 5) is 24.9. The number of piperidine rings is 1. The first-order valence-corrected chi connectivity index (χ1v) is 13.6. The van der Waals surface area contributed by atoms with Gasteiger partial charge in [-0.3, -0.25) is 0 Å². The summed E-state index contributed by atoms with van der Waals surface area (Å²) in [5.41, 5.74) is 8.86. The van der Waals surface area contributed by atoms with Gasteiger partial charge in [0.2, 0.25) is 0 Å². The minimum absolute atomic E-state index is 0.308. The average molecular weight is 533 g/mol. The number of thioether (sulfide) groups is 1. The number of anilines is 2. The molecule has 37 heavy (non-hydrogen) atoms. The number of aromatic nitrogens is 2. The number of fused-ring (bicyclic) bond motifs is 3. The third kappa shape index (κ3) is 4.51. The molecule has 5 heterocycles. The van der Waals surface area contributed by atoms with Gasteiger partial charge in [-0.15, -0.1) is 0 Å². The average Bonchev–Trinajstić information content (AvgIpc) is 3.25. The summed E-state index contributed by atoms with van der Waals surface area (Å²) in [5, 5.41) is 3.63. The molecule has 6 rings (SSSR count). The molecule has 8 nitrogen and oxygen atoms in total. The lowest BCUT2D eigenvalue weighted by Crippen LogP contribution is -2.43. The van der Waals surface area contributed by atoms with E-state index < -0.39 is 0 Å². The van der Waals surface area contributed by atoms with Crippen LogP contribution in [0.5, 0.6) is 0 Å². The molecule has 0 unspecified atom stereocenters. The highest BCUT2D eigenvalue weighted by molar-refractivity contribution is 8.04. The molecule has 0 atom stereocenters. The number of nitrogens with one attached hydrogen (secondary N) is 1. The molecule has 3 aliphatic heterocycles. The topological polar surface area (TPSA) is 95.0 Å². The molecule has 10 heteroatoms. The van der Waals surface area contributed by atoms with Gasteiger partial charge in [0.1, 0.15) is 29.1 Å². The van der Waals surface area contributed by atoms with Gasteiger partial charge in [0, 0.05) is 50.2 Å². The molecule has 1 fully saturated rings. The normalized spacial score (nSPS) is 22.8. The van der Waals surface area contributed by atoms with E-state index in [1.165, 1.54) is 23.0 Å². The number of allylic oxidation sites excluding steroid dienone is 2. The van der Waals surface area contributed by atoms with Crippen molar-refractivity contribution in [1.29, 1.82) is 0 Å². The lowest BCUT2D eigenvalue weighted by Gasteiger charge is -2.40. The van der Waals surface area contributed by atoms with Gasteiger partial charge in [-0.05, 0) is 67.0 Å². The van der Waals surface area contributed by atoms with Crippen molar-refractivity contribution < 1.29 is 0 Å². The Kier molecular flexibility index (Phi) is 6.20. The number of likely N-dealkylation sites (tertiary alicyclic amines) is 1. The lowest BCUT2D eigenvalue weighted by atomic mass is 9.76. The Balaban J connectivity index is 1.18. The summed E-state index contributed by atoms with van der Waals surface area (Å²) in [7, 11) is 3.92. The molecule has 4 aliphatic rings. The third-order valence-corrected chi connectivity index (χ3v) is 9.20. The molecule has 190 valence electrons. The molecular formula is C27H29ClN8S. The van der Waals surface area contributed by atoms with Gasteiger partial charge < -0.3 is 20.9 Å². The molecule has 0 saturated carbocycles. The second kappa shape index (κ2) is 9.54. The van der Waals surface area contributed by atoms with Gasteiger partial charge in [-0.2, -0.15) is 0 Å². The number of rotatable bonds is 3. The van der Waals surface area contributed by atoms with Crippen molar-refractivity contribution in [3.8, 4) is 0 Å². The molecule has 2 aromatic rings. The SMILES string of the molecule is CNc1ccc2c(n1)CC1(CCN(/C3=N/C4=CC=C(Sc5ccnc(N)c5Cl)/C(=N/C=C3)N4C)CC1)C2. The number of halogens is 1. The van der Waals surface area contributed by atoms with Crippen molar-refractivity contribution in [1.82, 2.24) is 19.8 Å². The van der Waals surface area contributed by atoms with E-state index in [2.05, 4.69) is 27.3 Å². The highest BCUT2D eigenvalue weighted by atomic mass is 35.5. The van der Waals surface area contributed by atoms with E-state index in [9.17, 15) is 0 Å². The van der Waals surface area contributed by atoms with Gasteiger partial charge in [-0.25, -0.2) is 20.0 Å². The molecule has 1 spiro atoms. The van der Waals surface area contributed by atoms with Crippen LogP contribution in [-0.2, 0) is 12.8 Å². The Hall–Kier alpha value is -3.30. The second-order valence-electron chi connectivity index (χ2n) is 9.86. The van der Waals surface area contributed by atoms with Crippen LogP contribution in [-0.4, -0.2) is 58.6 Å². The smallest absolute Gasteiger partial charge is 0.147 e. The standard InChI is InChI=1S/C27H29ClN8S/c1-30-21-5-3-17-15-27(16-18(17)33-21)9-13-36(14-10-27)23-8-12-32-26-20(4-6-22(34-23)35(26)2)37-19-7-11-31-25(29)24(19)28/h3-8,11-12H,9-10,13-16H2,1-2H3,(H2,29,31)(H,30,33)/b12-8?,23-8?,32-12?,32-26-,34-22?,34-23+. The maximum absolute atomic E-state index is 6.38. The maximum Gasteiger partial charge on any atom is 0.147 e. The number of aliphatic imine (C=N–C) groups is 2. The van der Waals surface area contributed by atoms with Crippen LogP contribution in [0.2, 0.25) is 5.02 Å². The zero-order chi connectivity index (χ0) is 25.6. The van der Waals surface area contributed by atoms with Crippen LogP contribution >= 0.6 is 23.4 Å². The Bertz CT molecular complexity index is 1400. The van der Waals surface area contributed by atoms with Crippen LogP contribution in [0, 0.1) is 5.41 Å². The van der Waals surface area contributed by atoms with Gasteiger partial charge in [-0.1, -0.05) is 29.4 Å². The zero-order valence-electron chi connectivity index (χ0n) is 20.9. The molecule has 0 aromatic carbocycles. The number of hydrogen-bond acceptors (Lipinski definition) is 9. The molecule has 3 N–H and O–H groups in total. The Morgan fingerprint density at radius 2 is 1.97 bits per heavy atom. The van der Waals surface area contributed by atoms with E-state index in [1.54, 1.807) is 6.20 Å². The maximum atomic E-state index is 6.38. The Morgan fingerprint density at radius 1 is 1.14 bits per heavy atom. The summed E-state index contributed by atoms with van der Waals surface area (Å²) in [6.07, 6.45) is 14.1. The van der Waals surface area contributed by atoms with Crippen molar-refractivity contribution in [2.75, 3.05) is 38.2 Å². The zero-order valence-corrected chi connectivity index (χ0v) is 22.5. The van der Waals surface area contributed by atoms with Crippen LogP contribution in [0.25, 0.3) is 0 Å². The number of nitrogens with two attached hydrogens (primary N) is 1. The fourth-order valence-electron chi connectivity index (χ4n) is 5.47. The summed E-state index contributed by atoms with van der Waals surface area (Å²) in [6, 6.07) is 6.19. The fraction of sp³-hybridized carbons (Fsp3) is 0.333. The monoisotopic (exact) mass is 532 g/mol. The van der Waals surface area contributed by atoms with Gasteiger partial charge in [0.05, 0.1) is 9.93 Å². The quantitative estimate of drug-likeness (QED) is 0.590. The van der Waals surface area contributed by atoms with E-state index in [0.717, 1.165) is 71.9 Å². The van der Waals surface area contributed by atoms with Crippen LogP contribution in [0.15, 0.2) is 74.4 Å². The molecule has 1 aliphatic carbocycles. The summed E-state index contributed by atoms with van der Waals surface area (Å²) in [5.74, 6) is 3.92.